The normalized spacial score (nSPS) is 11.2. The van der Waals surface area contributed by atoms with E-state index in [0.717, 1.165) is 25.4 Å². The van der Waals surface area contributed by atoms with E-state index < -0.39 is 0 Å². The third-order valence-corrected chi connectivity index (χ3v) is 3.69. The van der Waals surface area contributed by atoms with Crippen molar-refractivity contribution in [1.29, 1.82) is 0 Å². The number of rotatable bonds is 7. The Morgan fingerprint density at radius 1 is 1.25 bits per heavy atom. The zero-order valence-electron chi connectivity index (χ0n) is 11.7. The van der Waals surface area contributed by atoms with Gasteiger partial charge in [-0.25, -0.2) is 4.68 Å². The van der Waals surface area contributed by atoms with Crippen molar-refractivity contribution in [2.75, 3.05) is 31.1 Å². The number of anilines is 1. The van der Waals surface area contributed by atoms with Gasteiger partial charge in [0.1, 0.15) is 0 Å². The molecule has 0 saturated carbocycles. The van der Waals surface area contributed by atoms with Crippen LogP contribution >= 0.6 is 11.8 Å². The van der Waals surface area contributed by atoms with Gasteiger partial charge in [-0.2, -0.15) is 20.1 Å². The minimum Gasteiger partial charge on any atom is -0.368 e. The summed E-state index contributed by atoms with van der Waals surface area (Å²) in [4.78, 5) is 15.0. The highest BCUT2D eigenvalue weighted by Gasteiger charge is 2.08. The summed E-state index contributed by atoms with van der Waals surface area (Å²) in [6.45, 7) is 7.42. The number of hydrogen-bond donors (Lipinski definition) is 1. The van der Waals surface area contributed by atoms with Crippen LogP contribution in [0, 0.1) is 0 Å². The lowest BCUT2D eigenvalue weighted by atomic mass is 10.5. The standard InChI is InChI=1S/C12H19N7S/c1-3-18(4-2)8-9-20-12-16-10(13)15-11(17-12)19-7-5-6-14-19/h5-7H,3-4,8-9H2,1-2H3,(H2,13,15,16,17). The molecule has 2 heterocycles. The van der Waals surface area contributed by atoms with E-state index in [0.29, 0.717) is 11.1 Å². The molecule has 20 heavy (non-hydrogen) atoms. The Kier molecular flexibility index (Phi) is 5.31. The highest BCUT2D eigenvalue weighted by molar-refractivity contribution is 7.99. The van der Waals surface area contributed by atoms with Gasteiger partial charge in [-0.15, -0.1) is 0 Å². The van der Waals surface area contributed by atoms with Gasteiger partial charge in [0.2, 0.25) is 5.95 Å². The lowest BCUT2D eigenvalue weighted by molar-refractivity contribution is 0.324. The number of nitrogens with two attached hydrogens (primary N) is 1. The Morgan fingerprint density at radius 2 is 2.05 bits per heavy atom. The van der Waals surface area contributed by atoms with E-state index >= 15 is 0 Å². The van der Waals surface area contributed by atoms with Gasteiger partial charge >= 0.3 is 0 Å². The quantitative estimate of drug-likeness (QED) is 0.764. The maximum Gasteiger partial charge on any atom is 0.256 e. The monoisotopic (exact) mass is 293 g/mol. The molecule has 108 valence electrons. The first kappa shape index (κ1) is 14.7. The first-order valence-electron chi connectivity index (χ1n) is 6.59. The molecule has 0 aliphatic heterocycles. The molecule has 0 unspecified atom stereocenters. The smallest absolute Gasteiger partial charge is 0.256 e. The summed E-state index contributed by atoms with van der Waals surface area (Å²) in [5.41, 5.74) is 5.72. The molecule has 0 atom stereocenters. The van der Waals surface area contributed by atoms with E-state index in [2.05, 4.69) is 38.8 Å². The molecular weight excluding hydrogens is 274 g/mol. The van der Waals surface area contributed by atoms with Crippen molar-refractivity contribution in [3.63, 3.8) is 0 Å². The Morgan fingerprint density at radius 3 is 2.70 bits per heavy atom. The molecule has 0 saturated heterocycles. The van der Waals surface area contributed by atoms with Crippen LogP contribution in [0.25, 0.3) is 5.95 Å². The molecule has 7 nitrogen and oxygen atoms in total. The molecule has 8 heteroatoms. The molecule has 2 rings (SSSR count). The minimum absolute atomic E-state index is 0.218. The Bertz CT molecular complexity index is 525. The predicted octanol–water partition coefficient (Wildman–Crippen LogP) is 1.07. The summed E-state index contributed by atoms with van der Waals surface area (Å²) < 4.78 is 1.58. The predicted molar refractivity (Wildman–Crippen MR) is 79.9 cm³/mol. The van der Waals surface area contributed by atoms with Gasteiger partial charge in [0.15, 0.2) is 5.16 Å². The lowest BCUT2D eigenvalue weighted by Gasteiger charge is -2.16. The van der Waals surface area contributed by atoms with E-state index in [1.165, 1.54) is 0 Å². The topological polar surface area (TPSA) is 85.8 Å². The van der Waals surface area contributed by atoms with E-state index in [9.17, 15) is 0 Å². The molecule has 0 bridgehead atoms. The molecular formula is C12H19N7S. The first-order valence-corrected chi connectivity index (χ1v) is 7.58. The van der Waals surface area contributed by atoms with Crippen LogP contribution in [0.4, 0.5) is 5.95 Å². The summed E-state index contributed by atoms with van der Waals surface area (Å²) in [6, 6.07) is 1.81. The van der Waals surface area contributed by atoms with Gasteiger partial charge < -0.3 is 10.6 Å². The molecule has 2 aromatic rings. The number of hydrogen-bond acceptors (Lipinski definition) is 7. The van der Waals surface area contributed by atoms with E-state index in [-0.39, 0.29) is 5.95 Å². The molecule has 0 aromatic carbocycles. The van der Waals surface area contributed by atoms with Crippen molar-refractivity contribution in [2.24, 2.45) is 0 Å². The van der Waals surface area contributed by atoms with Crippen molar-refractivity contribution in [2.45, 2.75) is 19.0 Å². The van der Waals surface area contributed by atoms with Crippen molar-refractivity contribution < 1.29 is 0 Å². The van der Waals surface area contributed by atoms with Gasteiger partial charge in [0.05, 0.1) is 0 Å². The number of nitrogens with zero attached hydrogens (tertiary/aromatic N) is 6. The van der Waals surface area contributed by atoms with Crippen LogP contribution in [0.2, 0.25) is 0 Å². The molecule has 0 aliphatic carbocycles. The average Bonchev–Trinajstić information content (AvgIpc) is 2.97. The number of aromatic nitrogens is 5. The zero-order valence-corrected chi connectivity index (χ0v) is 12.5. The molecule has 0 amide bonds. The molecule has 0 spiro atoms. The van der Waals surface area contributed by atoms with Crippen LogP contribution < -0.4 is 5.73 Å². The lowest BCUT2D eigenvalue weighted by Crippen LogP contribution is -2.25. The summed E-state index contributed by atoms with van der Waals surface area (Å²) in [5, 5.41) is 4.73. The van der Waals surface area contributed by atoms with Crippen LogP contribution in [0.3, 0.4) is 0 Å². The van der Waals surface area contributed by atoms with E-state index in [4.69, 9.17) is 5.73 Å². The van der Waals surface area contributed by atoms with Gasteiger partial charge in [-0.1, -0.05) is 25.6 Å². The molecule has 0 radical (unpaired) electrons. The maximum atomic E-state index is 5.72. The van der Waals surface area contributed by atoms with Gasteiger partial charge in [0.25, 0.3) is 5.95 Å². The maximum absolute atomic E-state index is 5.72. The van der Waals surface area contributed by atoms with Crippen LogP contribution in [-0.4, -0.2) is 55.0 Å². The Labute approximate surface area is 122 Å². The summed E-state index contributed by atoms with van der Waals surface area (Å²) in [6.07, 6.45) is 3.45. The largest absolute Gasteiger partial charge is 0.368 e. The van der Waals surface area contributed by atoms with Gasteiger partial charge in [-0.05, 0) is 19.2 Å². The second kappa shape index (κ2) is 7.20. The second-order valence-corrected chi connectivity index (χ2v) is 5.16. The highest BCUT2D eigenvalue weighted by Crippen LogP contribution is 2.15. The van der Waals surface area contributed by atoms with Crippen LogP contribution in [0.15, 0.2) is 23.6 Å². The van der Waals surface area contributed by atoms with E-state index in [1.54, 1.807) is 28.8 Å². The Hall–Kier alpha value is -1.67. The average molecular weight is 293 g/mol. The van der Waals surface area contributed by atoms with Crippen molar-refractivity contribution >= 4 is 17.7 Å². The number of nitrogen functional groups attached to an aromatic ring is 1. The first-order chi connectivity index (χ1) is 9.72. The Balaban J connectivity index is 2.02. The van der Waals surface area contributed by atoms with Crippen molar-refractivity contribution in [3.05, 3.63) is 18.5 Å². The molecule has 0 fully saturated rings. The summed E-state index contributed by atoms with van der Waals surface area (Å²) in [7, 11) is 0. The number of thioether (sulfide) groups is 1. The van der Waals surface area contributed by atoms with Gasteiger partial charge in [0, 0.05) is 24.7 Å². The molecule has 2 aromatic heterocycles. The summed E-state index contributed by atoms with van der Waals surface area (Å²) >= 11 is 1.58. The fraction of sp³-hybridized carbons (Fsp3) is 0.500. The zero-order chi connectivity index (χ0) is 14.4. The second-order valence-electron chi connectivity index (χ2n) is 4.10. The van der Waals surface area contributed by atoms with Crippen LogP contribution in [0.5, 0.6) is 0 Å². The molecule has 0 aliphatic rings. The van der Waals surface area contributed by atoms with E-state index in [1.807, 2.05) is 6.07 Å². The third kappa shape index (κ3) is 3.91. The molecule has 2 N–H and O–H groups in total. The fourth-order valence-electron chi connectivity index (χ4n) is 1.72. The highest BCUT2D eigenvalue weighted by atomic mass is 32.2. The van der Waals surface area contributed by atoms with Crippen molar-refractivity contribution in [3.8, 4) is 5.95 Å². The minimum atomic E-state index is 0.218. The third-order valence-electron chi connectivity index (χ3n) is 2.86. The van der Waals surface area contributed by atoms with Gasteiger partial charge in [-0.3, -0.25) is 0 Å². The SMILES string of the molecule is CCN(CC)CCSc1nc(N)nc(-n2cccn2)n1. The van der Waals surface area contributed by atoms with Crippen molar-refractivity contribution in [1.82, 2.24) is 29.6 Å². The van der Waals surface area contributed by atoms with Crippen LogP contribution in [-0.2, 0) is 0 Å². The fourth-order valence-corrected chi connectivity index (χ4v) is 2.56. The van der Waals surface area contributed by atoms with Crippen LogP contribution in [0.1, 0.15) is 13.8 Å². The summed E-state index contributed by atoms with van der Waals surface area (Å²) in [5.74, 6) is 1.59.